The monoisotopic (exact) mass is 1280 g/mol. The number of carboxylic acids is 1. The van der Waals surface area contributed by atoms with Crippen molar-refractivity contribution in [3.05, 3.63) is 190 Å². The van der Waals surface area contributed by atoms with Crippen molar-refractivity contribution in [3.63, 3.8) is 0 Å². The van der Waals surface area contributed by atoms with Crippen LogP contribution in [0.1, 0.15) is 181 Å². The third kappa shape index (κ3) is 13.7. The molecule has 4 fully saturated rings. The van der Waals surface area contributed by atoms with Crippen molar-refractivity contribution in [2.45, 2.75) is 166 Å². The molecular weight excluding hydrogens is 1190 g/mol. The second kappa shape index (κ2) is 30.3. The van der Waals surface area contributed by atoms with Gasteiger partial charge in [0.2, 0.25) is 0 Å². The van der Waals surface area contributed by atoms with Crippen LogP contribution in [0.25, 0.3) is 66.1 Å². The number of ether oxygens (including phenoxy) is 3. The Balaban J connectivity index is 0.000000169. The summed E-state index contributed by atoms with van der Waals surface area (Å²) in [6.45, 7) is 13.2. The first-order valence-corrected chi connectivity index (χ1v) is 35.4. The topological polar surface area (TPSA) is 138 Å². The molecule has 95 heavy (non-hydrogen) atoms. The molecule has 4 aliphatic heterocycles. The van der Waals surface area contributed by atoms with E-state index in [1.54, 1.807) is 0 Å². The number of aryl methyl sites for hydroxylation is 4. The molecule has 490 valence electrons. The summed E-state index contributed by atoms with van der Waals surface area (Å²) in [6, 6.07) is 47.0. The first kappa shape index (κ1) is 66.8. The Hall–Kier alpha value is -6.78. The summed E-state index contributed by atoms with van der Waals surface area (Å²) < 4.78 is 27.3. The summed E-state index contributed by atoms with van der Waals surface area (Å²) in [6.07, 6.45) is 24.5. The summed E-state index contributed by atoms with van der Waals surface area (Å²) in [5.74, 6) is 1.07. The molecule has 0 radical (unpaired) electrons. The Bertz CT molecular complexity index is 4290. The van der Waals surface area contributed by atoms with Crippen LogP contribution in [0.2, 0.25) is 0 Å². The standard InChI is InChI=1S/C41H47N3O3.C40H45N3O3.Na.H2O/c1-46-41(45)32-16-17-34-37(26-32)44-21-9-20-43-27-36(30-18-22-42(23-19-30)24-25-47-28-29-10-4-2-5-11-29)33-14-8-15-35(39(33)43)40(44)38(34)31-12-6-3-7-13-31;44-40(45)31-15-16-33-36(25-31)43-20-8-19-42-26-35(29-17-21-41(22-18-29)23-24-46-27-28-9-3-1-4-10-28)32-13-7-14-34(38(32)42)39(43)37(33)30-11-5-2-6-12-30;;/h2,4-5,8,10-11,14-17,26-27,30-31H,3,6-7,9,12-13,18-25,28H2,1H3;1,3-4,7,9-10,13-16,25-26,29-30H,2,5-6,8,11-12,17-24,27H2,(H,44,45);;1H2/q;;+1;/p-1. The summed E-state index contributed by atoms with van der Waals surface area (Å²) in [5, 5.41) is 15.3. The quantitative estimate of drug-likeness (QED) is 0.0569. The predicted octanol–water partition coefficient (Wildman–Crippen LogP) is 14.5. The number of nitrogens with zero attached hydrogens (tertiary/aromatic N) is 6. The van der Waals surface area contributed by atoms with Gasteiger partial charge in [0.1, 0.15) is 0 Å². The van der Waals surface area contributed by atoms with Gasteiger partial charge in [-0.1, -0.05) is 148 Å². The number of benzene rings is 6. The zero-order chi connectivity index (χ0) is 62.8. The zero-order valence-corrected chi connectivity index (χ0v) is 58.0. The fourth-order valence-electron chi connectivity index (χ4n) is 17.6. The van der Waals surface area contributed by atoms with Crippen molar-refractivity contribution >= 4 is 55.6 Å². The van der Waals surface area contributed by atoms with Crippen LogP contribution in [-0.2, 0) is 53.6 Å². The van der Waals surface area contributed by atoms with Crippen LogP contribution in [0.15, 0.2) is 146 Å². The number of aromatic carboxylic acids is 1. The molecular formula is C81H93N6NaO7. The maximum atomic E-state index is 12.6. The number of methoxy groups -OCH3 is 1. The van der Waals surface area contributed by atoms with E-state index in [4.69, 9.17) is 14.2 Å². The van der Waals surface area contributed by atoms with Gasteiger partial charge in [0.25, 0.3) is 0 Å². The number of piperidine rings is 2. The molecule has 0 spiro atoms. The van der Waals surface area contributed by atoms with Crippen LogP contribution < -0.4 is 29.6 Å². The first-order chi connectivity index (χ1) is 45.8. The van der Waals surface area contributed by atoms with Gasteiger partial charge in [0.05, 0.1) is 67.1 Å². The molecule has 0 amide bonds. The zero-order valence-electron chi connectivity index (χ0n) is 56.0. The molecule has 2 saturated carbocycles. The molecule has 16 rings (SSSR count). The van der Waals surface area contributed by atoms with Gasteiger partial charge in [0, 0.05) is 95.4 Å². The number of rotatable bonds is 16. The number of esters is 1. The van der Waals surface area contributed by atoms with Crippen LogP contribution in [0.3, 0.4) is 0 Å². The van der Waals surface area contributed by atoms with Gasteiger partial charge >= 0.3 is 41.5 Å². The Morgan fingerprint density at radius 2 is 0.884 bits per heavy atom. The van der Waals surface area contributed by atoms with Gasteiger partial charge in [-0.25, -0.2) is 9.59 Å². The van der Waals surface area contributed by atoms with E-state index in [-0.39, 0.29) is 41.0 Å². The molecule has 0 unspecified atom stereocenters. The Kier molecular flexibility index (Phi) is 21.3. The maximum Gasteiger partial charge on any atom is 1.00 e. The van der Waals surface area contributed by atoms with Crippen molar-refractivity contribution in [2.24, 2.45) is 0 Å². The smallest absolute Gasteiger partial charge is 0.870 e. The normalized spacial score (nSPS) is 17.6. The second-order valence-electron chi connectivity index (χ2n) is 27.7. The fraction of sp³-hybridized carbons (Fsp3) is 0.432. The number of fused-ring (bicyclic) bond motifs is 8. The van der Waals surface area contributed by atoms with Gasteiger partial charge < -0.3 is 52.9 Å². The van der Waals surface area contributed by atoms with Gasteiger partial charge in [-0.3, -0.25) is 0 Å². The van der Waals surface area contributed by atoms with Crippen molar-refractivity contribution in [3.8, 4) is 22.5 Å². The molecule has 2 N–H and O–H groups in total. The number of aromatic nitrogens is 4. The van der Waals surface area contributed by atoms with Crippen molar-refractivity contribution < 1.29 is 63.9 Å². The SMILES string of the molecule is COC(=O)c1ccc2c(C3CCCCC3)c3n(c2c1)CCCn1cc(C2CCN(CCOCc4ccccc4)CC2)c2cccc-3c21.O=C(O)c1ccc2c(C3CCCCC3)c3n(c2c1)CCCn1cc(C2CCN(CCOCc4ccccc4)CC2)c2cccc-3c21.[Na+].[OH-]. The molecule has 6 aliphatic rings. The van der Waals surface area contributed by atoms with E-state index in [0.29, 0.717) is 48.0 Å². The van der Waals surface area contributed by atoms with Gasteiger partial charge in [0.15, 0.2) is 0 Å². The van der Waals surface area contributed by atoms with E-state index in [2.05, 4.69) is 150 Å². The van der Waals surface area contributed by atoms with Crippen molar-refractivity contribution in [1.29, 1.82) is 0 Å². The molecule has 0 atom stereocenters. The van der Waals surface area contributed by atoms with Crippen LogP contribution in [0.5, 0.6) is 0 Å². The molecule has 0 bridgehead atoms. The minimum Gasteiger partial charge on any atom is -0.870 e. The third-order valence-corrected chi connectivity index (χ3v) is 22.2. The number of likely N-dealkylation sites (tertiary alicyclic amines) is 2. The number of hydrogen-bond donors (Lipinski definition) is 1. The van der Waals surface area contributed by atoms with E-state index >= 15 is 0 Å². The Labute approximate surface area is 581 Å². The Morgan fingerprint density at radius 1 is 0.453 bits per heavy atom. The van der Waals surface area contributed by atoms with E-state index in [1.165, 1.54) is 191 Å². The van der Waals surface area contributed by atoms with E-state index < -0.39 is 5.97 Å². The average molecular weight is 1290 g/mol. The van der Waals surface area contributed by atoms with Crippen molar-refractivity contribution in [2.75, 3.05) is 59.6 Å². The Morgan fingerprint density at radius 3 is 1.32 bits per heavy atom. The average Bonchev–Trinajstić information content (AvgIpc) is 1.58. The van der Waals surface area contributed by atoms with Gasteiger partial charge in [-0.2, -0.15) is 0 Å². The molecule has 8 heterocycles. The minimum atomic E-state index is -0.853. The number of carbonyl (C=O) groups excluding carboxylic acids is 1. The molecule has 14 heteroatoms. The first-order valence-electron chi connectivity index (χ1n) is 35.4. The molecule has 4 aromatic heterocycles. The number of carbonyl (C=O) groups is 2. The maximum absolute atomic E-state index is 12.6. The largest absolute Gasteiger partial charge is 1.00 e. The second-order valence-corrected chi connectivity index (χ2v) is 27.7. The molecule has 6 aromatic carbocycles. The summed E-state index contributed by atoms with van der Waals surface area (Å²) in [7, 11) is 1.47. The van der Waals surface area contributed by atoms with E-state index in [9.17, 15) is 14.7 Å². The molecule has 2 aliphatic carbocycles. The van der Waals surface area contributed by atoms with Crippen LogP contribution >= 0.6 is 0 Å². The number of para-hydroxylation sites is 2. The molecule has 10 aromatic rings. The third-order valence-electron chi connectivity index (χ3n) is 22.2. The van der Waals surface area contributed by atoms with Crippen LogP contribution in [-0.4, -0.2) is 110 Å². The summed E-state index contributed by atoms with van der Waals surface area (Å²) in [4.78, 5) is 29.8. The van der Waals surface area contributed by atoms with Gasteiger partial charge in [-0.15, -0.1) is 0 Å². The fourth-order valence-corrected chi connectivity index (χ4v) is 17.6. The number of carboxylic acid groups (broad SMARTS) is 1. The molecule has 13 nitrogen and oxygen atoms in total. The predicted molar refractivity (Wildman–Crippen MR) is 376 cm³/mol. The van der Waals surface area contributed by atoms with E-state index in [0.717, 1.165) is 97.0 Å². The summed E-state index contributed by atoms with van der Waals surface area (Å²) in [5.41, 5.74) is 19.9. The summed E-state index contributed by atoms with van der Waals surface area (Å²) >= 11 is 0. The van der Waals surface area contributed by atoms with Gasteiger partial charge in [-0.05, 0) is 172 Å². The molecule has 2 saturated heterocycles. The van der Waals surface area contributed by atoms with Crippen molar-refractivity contribution in [1.82, 2.24) is 28.1 Å². The minimum absolute atomic E-state index is 0. The number of hydrogen-bond acceptors (Lipinski definition) is 8. The van der Waals surface area contributed by atoms with Crippen LogP contribution in [0.4, 0.5) is 0 Å². The van der Waals surface area contributed by atoms with E-state index in [1.807, 2.05) is 24.3 Å². The van der Waals surface area contributed by atoms with Crippen LogP contribution in [0, 0.1) is 0 Å².